The van der Waals surface area contributed by atoms with Gasteiger partial charge in [-0.05, 0) is 18.1 Å². The number of carboxylic acids is 1. The van der Waals surface area contributed by atoms with E-state index in [-0.39, 0.29) is 18.2 Å². The van der Waals surface area contributed by atoms with Gasteiger partial charge in [-0.2, -0.15) is 0 Å². The third-order valence-electron chi connectivity index (χ3n) is 4.01. The molecule has 1 aromatic carbocycles. The number of aromatic nitrogens is 1. The lowest BCUT2D eigenvalue weighted by molar-refractivity contribution is -0.143. The highest BCUT2D eigenvalue weighted by molar-refractivity contribution is 7.13. The van der Waals surface area contributed by atoms with Crippen LogP contribution in [0.15, 0.2) is 29.6 Å². The minimum absolute atomic E-state index is 0.0562. The van der Waals surface area contributed by atoms with Crippen LogP contribution >= 0.6 is 11.3 Å². The van der Waals surface area contributed by atoms with E-state index in [1.807, 2.05) is 43.5 Å². The van der Waals surface area contributed by atoms with Crippen LogP contribution in [0.25, 0.3) is 10.6 Å². The smallest absolute Gasteiger partial charge is 0.326 e. The van der Waals surface area contributed by atoms with Crippen molar-refractivity contribution in [2.45, 2.75) is 32.7 Å². The molecule has 0 aliphatic carbocycles. The highest BCUT2D eigenvalue weighted by Crippen LogP contribution is 2.27. The van der Waals surface area contributed by atoms with Crippen LogP contribution in [0, 0.1) is 5.92 Å². The summed E-state index contributed by atoms with van der Waals surface area (Å²) in [5, 5.41) is 14.4. The van der Waals surface area contributed by atoms with Crippen LogP contribution in [0.1, 0.15) is 26.0 Å². The highest BCUT2D eigenvalue weighted by Gasteiger charge is 2.25. The van der Waals surface area contributed by atoms with E-state index in [9.17, 15) is 14.7 Å². The molecule has 2 N–H and O–H groups in total. The zero-order chi connectivity index (χ0) is 18.4. The van der Waals surface area contributed by atoms with E-state index in [4.69, 9.17) is 4.74 Å². The number of benzene rings is 1. The van der Waals surface area contributed by atoms with Crippen LogP contribution < -0.4 is 10.1 Å². The second-order valence-electron chi connectivity index (χ2n) is 5.82. The van der Waals surface area contributed by atoms with Crippen molar-refractivity contribution in [3.8, 4) is 16.3 Å². The maximum Gasteiger partial charge on any atom is 0.326 e. The number of amides is 1. The van der Waals surface area contributed by atoms with E-state index < -0.39 is 12.0 Å². The summed E-state index contributed by atoms with van der Waals surface area (Å²) >= 11 is 1.44. The number of methoxy groups -OCH3 is 1. The van der Waals surface area contributed by atoms with Crippen molar-refractivity contribution >= 4 is 23.2 Å². The predicted molar refractivity (Wildman–Crippen MR) is 96.8 cm³/mol. The van der Waals surface area contributed by atoms with Gasteiger partial charge in [0.1, 0.15) is 16.8 Å². The summed E-state index contributed by atoms with van der Waals surface area (Å²) < 4.78 is 5.20. The van der Waals surface area contributed by atoms with Crippen molar-refractivity contribution in [2.24, 2.45) is 5.92 Å². The summed E-state index contributed by atoms with van der Waals surface area (Å²) in [5.41, 5.74) is 1.53. The number of hydrogen-bond donors (Lipinski definition) is 2. The van der Waals surface area contributed by atoms with Crippen molar-refractivity contribution in [2.75, 3.05) is 7.11 Å². The lowest BCUT2D eigenvalue weighted by Gasteiger charge is -2.19. The molecule has 0 unspecified atom stereocenters. The molecule has 1 amide bonds. The number of carboxylic acid groups (broad SMARTS) is 1. The van der Waals surface area contributed by atoms with Gasteiger partial charge in [0.05, 0.1) is 19.2 Å². The second kappa shape index (κ2) is 8.62. The fourth-order valence-electron chi connectivity index (χ4n) is 2.35. The average molecular weight is 362 g/mol. The maximum absolute atomic E-state index is 12.2. The molecule has 0 aliphatic heterocycles. The third kappa shape index (κ3) is 5.03. The minimum atomic E-state index is -1.02. The molecule has 0 bridgehead atoms. The maximum atomic E-state index is 12.2. The Bertz CT molecular complexity index is 744. The van der Waals surface area contributed by atoms with E-state index >= 15 is 0 Å². The van der Waals surface area contributed by atoms with Gasteiger partial charge in [-0.1, -0.05) is 32.4 Å². The summed E-state index contributed by atoms with van der Waals surface area (Å²) in [7, 11) is 1.60. The zero-order valence-corrected chi connectivity index (χ0v) is 15.3. The Kier molecular flexibility index (Phi) is 6.52. The number of aliphatic carboxylic acids is 1. The molecule has 25 heavy (non-hydrogen) atoms. The molecule has 6 nitrogen and oxygen atoms in total. The van der Waals surface area contributed by atoms with Gasteiger partial charge in [0.2, 0.25) is 5.91 Å². The Morgan fingerprint density at radius 2 is 2.16 bits per heavy atom. The van der Waals surface area contributed by atoms with Crippen LogP contribution in [0.2, 0.25) is 0 Å². The molecule has 2 aromatic rings. The Morgan fingerprint density at radius 3 is 2.80 bits per heavy atom. The number of hydrogen-bond acceptors (Lipinski definition) is 5. The normalized spacial score (nSPS) is 13.1. The van der Waals surface area contributed by atoms with E-state index in [0.29, 0.717) is 12.1 Å². The molecule has 1 heterocycles. The summed E-state index contributed by atoms with van der Waals surface area (Å²) in [6.45, 7) is 3.70. The lowest BCUT2D eigenvalue weighted by atomic mass is 9.99. The van der Waals surface area contributed by atoms with E-state index in [2.05, 4.69) is 10.3 Å². The van der Waals surface area contributed by atoms with Crippen molar-refractivity contribution in [1.29, 1.82) is 0 Å². The fourth-order valence-corrected chi connectivity index (χ4v) is 3.17. The third-order valence-corrected chi connectivity index (χ3v) is 4.95. The van der Waals surface area contributed by atoms with Crippen molar-refractivity contribution < 1.29 is 19.4 Å². The van der Waals surface area contributed by atoms with E-state index in [1.54, 1.807) is 7.11 Å². The number of carbonyl (C=O) groups is 2. The first-order valence-electron chi connectivity index (χ1n) is 8.05. The van der Waals surface area contributed by atoms with Gasteiger partial charge in [-0.25, -0.2) is 9.78 Å². The number of rotatable bonds is 8. The first kappa shape index (κ1) is 18.9. The van der Waals surface area contributed by atoms with Crippen LogP contribution in [-0.4, -0.2) is 35.1 Å². The standard InChI is InChI=1S/C18H22N2O4S/c1-4-11(2)16(18(22)23)20-15(21)9-13-10-25-17(19-13)12-6-5-7-14(8-12)24-3/h5-8,10-11,16H,4,9H2,1-3H3,(H,20,21)(H,22,23)/t11-,16+/m1/s1. The Morgan fingerprint density at radius 1 is 1.40 bits per heavy atom. The van der Waals surface area contributed by atoms with Gasteiger partial charge in [-0.3, -0.25) is 4.79 Å². The number of ether oxygens (including phenoxy) is 1. The summed E-state index contributed by atoms with van der Waals surface area (Å²) in [6, 6.07) is 6.66. The van der Waals surface area contributed by atoms with E-state index in [0.717, 1.165) is 16.3 Å². The first-order valence-corrected chi connectivity index (χ1v) is 8.93. The lowest BCUT2D eigenvalue weighted by Crippen LogP contribution is -2.45. The predicted octanol–water partition coefficient (Wildman–Crippen LogP) is 2.98. The van der Waals surface area contributed by atoms with Gasteiger partial charge in [0, 0.05) is 10.9 Å². The van der Waals surface area contributed by atoms with Crippen molar-refractivity contribution in [3.63, 3.8) is 0 Å². The largest absolute Gasteiger partial charge is 0.497 e. The second-order valence-corrected chi connectivity index (χ2v) is 6.68. The Labute approximate surface area is 150 Å². The summed E-state index contributed by atoms with van der Waals surface area (Å²) in [4.78, 5) is 27.9. The van der Waals surface area contributed by atoms with Crippen LogP contribution in [0.3, 0.4) is 0 Å². The van der Waals surface area contributed by atoms with Gasteiger partial charge in [0.25, 0.3) is 0 Å². The molecule has 0 fully saturated rings. The molecular weight excluding hydrogens is 340 g/mol. The monoisotopic (exact) mass is 362 g/mol. The topological polar surface area (TPSA) is 88.5 Å². The Hall–Kier alpha value is -2.41. The first-order chi connectivity index (χ1) is 11.9. The van der Waals surface area contributed by atoms with Gasteiger partial charge < -0.3 is 15.2 Å². The molecule has 1 aromatic heterocycles. The summed E-state index contributed by atoms with van der Waals surface area (Å²) in [5.74, 6) is -0.748. The molecular formula is C18H22N2O4S. The fraction of sp³-hybridized carbons (Fsp3) is 0.389. The van der Waals surface area contributed by atoms with Gasteiger partial charge in [-0.15, -0.1) is 11.3 Å². The Balaban J connectivity index is 2.05. The summed E-state index contributed by atoms with van der Waals surface area (Å²) in [6.07, 6.45) is 0.731. The van der Waals surface area contributed by atoms with E-state index in [1.165, 1.54) is 11.3 Å². The van der Waals surface area contributed by atoms with Crippen LogP contribution in [-0.2, 0) is 16.0 Å². The number of nitrogens with one attached hydrogen (secondary N) is 1. The minimum Gasteiger partial charge on any atom is -0.497 e. The SMILES string of the molecule is CC[C@@H](C)[C@H](NC(=O)Cc1csc(-c2cccc(OC)c2)n1)C(=O)O. The molecule has 134 valence electrons. The molecule has 2 rings (SSSR count). The molecule has 2 atom stereocenters. The molecule has 0 spiro atoms. The quantitative estimate of drug-likeness (QED) is 0.754. The molecule has 0 saturated heterocycles. The molecule has 0 aliphatic rings. The number of thiazole rings is 1. The highest BCUT2D eigenvalue weighted by atomic mass is 32.1. The molecule has 0 radical (unpaired) electrons. The molecule has 0 saturated carbocycles. The number of carbonyl (C=O) groups excluding carboxylic acids is 1. The molecule has 7 heteroatoms. The van der Waals surface area contributed by atoms with Gasteiger partial charge >= 0.3 is 5.97 Å². The van der Waals surface area contributed by atoms with Crippen molar-refractivity contribution in [1.82, 2.24) is 10.3 Å². The van der Waals surface area contributed by atoms with Crippen LogP contribution in [0.5, 0.6) is 5.75 Å². The van der Waals surface area contributed by atoms with Crippen LogP contribution in [0.4, 0.5) is 0 Å². The zero-order valence-electron chi connectivity index (χ0n) is 14.5. The van der Waals surface area contributed by atoms with Gasteiger partial charge in [0.15, 0.2) is 0 Å². The average Bonchev–Trinajstić information content (AvgIpc) is 3.07. The number of nitrogens with zero attached hydrogens (tertiary/aromatic N) is 1. The van der Waals surface area contributed by atoms with Crippen molar-refractivity contribution in [3.05, 3.63) is 35.3 Å².